The molecule has 9 heteroatoms. The second-order valence-corrected chi connectivity index (χ2v) is 9.57. The number of amides is 1. The maximum absolute atomic E-state index is 14.8. The fourth-order valence-electron chi connectivity index (χ4n) is 4.94. The molecular weight excluding hydrogens is 445 g/mol. The summed E-state index contributed by atoms with van der Waals surface area (Å²) < 4.78 is 14.8. The van der Waals surface area contributed by atoms with Crippen molar-refractivity contribution >= 4 is 35.4 Å². The first-order valence-corrected chi connectivity index (χ1v) is 12.2. The van der Waals surface area contributed by atoms with Crippen LogP contribution in [0.15, 0.2) is 35.3 Å². The molecule has 2 atom stereocenters. The van der Waals surface area contributed by atoms with Crippen LogP contribution in [-0.4, -0.2) is 52.4 Å². The van der Waals surface area contributed by atoms with E-state index >= 15 is 0 Å². The summed E-state index contributed by atoms with van der Waals surface area (Å²) in [6, 6.07) is 8.32. The van der Waals surface area contributed by atoms with E-state index in [9.17, 15) is 9.18 Å². The molecule has 1 amide bonds. The molecule has 1 saturated carbocycles. The normalized spacial score (nSPS) is 21.6. The molecule has 0 spiro atoms. The van der Waals surface area contributed by atoms with Gasteiger partial charge in [0.05, 0.1) is 17.9 Å². The zero-order valence-corrected chi connectivity index (χ0v) is 20.0. The highest BCUT2D eigenvalue weighted by Crippen LogP contribution is 2.37. The monoisotopic (exact) mass is 475 g/mol. The van der Waals surface area contributed by atoms with Gasteiger partial charge in [0.2, 0.25) is 0 Å². The number of halogens is 1. The minimum Gasteiger partial charge on any atom is -0.330 e. The van der Waals surface area contributed by atoms with Gasteiger partial charge in [0.25, 0.3) is 5.91 Å². The Morgan fingerprint density at radius 3 is 2.80 bits per heavy atom. The van der Waals surface area contributed by atoms with Gasteiger partial charge < -0.3 is 15.1 Å². The minimum absolute atomic E-state index is 0.0662. The fourth-order valence-corrected chi connectivity index (χ4v) is 4.94. The van der Waals surface area contributed by atoms with Crippen molar-refractivity contribution < 1.29 is 9.18 Å². The average molecular weight is 476 g/mol. The molecule has 1 aromatic heterocycles. The lowest BCUT2D eigenvalue weighted by Crippen LogP contribution is -2.38. The number of carbonyl (C=O) groups excluding carboxylic acids is 1. The van der Waals surface area contributed by atoms with Gasteiger partial charge in [-0.15, -0.1) is 0 Å². The van der Waals surface area contributed by atoms with Gasteiger partial charge in [-0.05, 0) is 68.4 Å². The van der Waals surface area contributed by atoms with E-state index in [1.165, 1.54) is 18.9 Å². The molecule has 1 aliphatic carbocycles. The van der Waals surface area contributed by atoms with Crippen molar-refractivity contribution in [2.45, 2.75) is 58.0 Å². The quantitative estimate of drug-likeness (QED) is 0.420. The second kappa shape index (κ2) is 9.20. The lowest BCUT2D eigenvalue weighted by atomic mass is 10.1. The van der Waals surface area contributed by atoms with E-state index in [0.29, 0.717) is 23.9 Å². The highest BCUT2D eigenvalue weighted by Gasteiger charge is 2.35. The average Bonchev–Trinajstić information content (AvgIpc) is 3.45. The lowest BCUT2D eigenvalue weighted by molar-refractivity contribution is 0.102. The number of hydrogen-bond donors (Lipinski definition) is 3. The number of hydrogen-bond acceptors (Lipinski definition) is 6. The predicted octanol–water partition coefficient (Wildman–Crippen LogP) is 4.59. The van der Waals surface area contributed by atoms with E-state index in [1.54, 1.807) is 35.5 Å². The number of benzene rings is 1. The first-order valence-electron chi connectivity index (χ1n) is 12.2. The number of aromatic nitrogens is 1. The number of carbonyl (C=O) groups is 1. The molecule has 0 radical (unpaired) electrons. The van der Waals surface area contributed by atoms with Crippen molar-refractivity contribution in [2.24, 2.45) is 10.9 Å². The number of amidine groups is 2. The fraction of sp³-hybridized carbons (Fsp3) is 0.423. The summed E-state index contributed by atoms with van der Waals surface area (Å²) in [5.41, 5.74) is 1.81. The van der Waals surface area contributed by atoms with Crippen LogP contribution in [0, 0.1) is 29.5 Å². The predicted molar refractivity (Wildman–Crippen MR) is 135 cm³/mol. The van der Waals surface area contributed by atoms with Gasteiger partial charge in [-0.2, -0.15) is 0 Å². The van der Waals surface area contributed by atoms with Crippen LogP contribution in [0.25, 0.3) is 0 Å². The van der Waals surface area contributed by atoms with Crippen LogP contribution in [-0.2, 0) is 0 Å². The standard InChI is InChI=1S/C26H30FN7O/c1-3-17-9-10-23(28)34(17)25(29)20-5-4-6-24(31-20)32-26(35)18-12-22(15(2)11-19(18)27)33-13-21(30-14-33)16-7-8-16/h4-6,11-12,14,16-17,21,28-29H,3,7-10,13H2,1-2H3,(H,31,32,35)/t17-,21?/m1/s1. The second-order valence-electron chi connectivity index (χ2n) is 9.57. The van der Waals surface area contributed by atoms with E-state index in [0.717, 1.165) is 30.6 Å². The third-order valence-electron chi connectivity index (χ3n) is 7.10. The van der Waals surface area contributed by atoms with Gasteiger partial charge in [-0.25, -0.2) is 9.37 Å². The molecule has 1 aromatic carbocycles. The number of nitrogens with one attached hydrogen (secondary N) is 3. The highest BCUT2D eigenvalue weighted by molar-refractivity contribution is 6.08. The Kier molecular flexibility index (Phi) is 6.08. The number of aliphatic imine (C=N–C) groups is 1. The summed E-state index contributed by atoms with van der Waals surface area (Å²) in [4.78, 5) is 25.7. The van der Waals surface area contributed by atoms with Crippen molar-refractivity contribution in [3.8, 4) is 0 Å². The zero-order valence-electron chi connectivity index (χ0n) is 20.0. The van der Waals surface area contributed by atoms with Gasteiger partial charge in [-0.3, -0.25) is 20.6 Å². The van der Waals surface area contributed by atoms with Crippen LogP contribution >= 0.6 is 0 Å². The van der Waals surface area contributed by atoms with Gasteiger partial charge in [-0.1, -0.05) is 13.0 Å². The Morgan fingerprint density at radius 2 is 2.06 bits per heavy atom. The summed E-state index contributed by atoms with van der Waals surface area (Å²) >= 11 is 0. The van der Waals surface area contributed by atoms with E-state index in [-0.39, 0.29) is 29.3 Å². The van der Waals surface area contributed by atoms with Crippen LogP contribution in [0.4, 0.5) is 15.9 Å². The topological polar surface area (TPSA) is 109 Å². The summed E-state index contributed by atoms with van der Waals surface area (Å²) in [5, 5.41) is 19.5. The van der Waals surface area contributed by atoms with Crippen molar-refractivity contribution in [2.75, 3.05) is 16.8 Å². The van der Waals surface area contributed by atoms with Crippen LogP contribution in [0.1, 0.15) is 60.6 Å². The molecule has 3 N–H and O–H groups in total. The maximum atomic E-state index is 14.8. The third kappa shape index (κ3) is 4.54. The summed E-state index contributed by atoms with van der Waals surface area (Å²) in [5.74, 6) is 0.205. The molecule has 3 aliphatic rings. The highest BCUT2D eigenvalue weighted by atomic mass is 19.1. The van der Waals surface area contributed by atoms with E-state index in [4.69, 9.17) is 10.8 Å². The van der Waals surface area contributed by atoms with E-state index in [2.05, 4.69) is 15.3 Å². The first-order chi connectivity index (χ1) is 16.9. The number of pyridine rings is 1. The smallest absolute Gasteiger partial charge is 0.259 e. The molecule has 2 aromatic rings. The molecule has 2 aliphatic heterocycles. The van der Waals surface area contributed by atoms with Gasteiger partial charge in [0.15, 0.2) is 5.84 Å². The summed E-state index contributed by atoms with van der Waals surface area (Å²) in [6.45, 7) is 4.61. The lowest BCUT2D eigenvalue weighted by Gasteiger charge is -2.25. The van der Waals surface area contributed by atoms with E-state index in [1.807, 2.05) is 18.7 Å². The van der Waals surface area contributed by atoms with Crippen LogP contribution < -0.4 is 10.2 Å². The van der Waals surface area contributed by atoms with Gasteiger partial charge >= 0.3 is 0 Å². The largest absolute Gasteiger partial charge is 0.330 e. The van der Waals surface area contributed by atoms with Crippen molar-refractivity contribution in [1.82, 2.24) is 9.88 Å². The first kappa shape index (κ1) is 23.1. The van der Waals surface area contributed by atoms with Crippen LogP contribution in [0.3, 0.4) is 0 Å². The van der Waals surface area contributed by atoms with Crippen LogP contribution in [0.2, 0.25) is 0 Å². The molecule has 1 unspecified atom stereocenters. The summed E-state index contributed by atoms with van der Waals surface area (Å²) in [7, 11) is 0. The molecule has 5 rings (SSSR count). The molecule has 3 heterocycles. The van der Waals surface area contributed by atoms with Gasteiger partial charge in [0, 0.05) is 24.7 Å². The number of rotatable bonds is 6. The molecule has 2 fully saturated rings. The molecular formula is C26H30FN7O. The number of anilines is 2. The zero-order chi connectivity index (χ0) is 24.7. The minimum atomic E-state index is -0.602. The summed E-state index contributed by atoms with van der Waals surface area (Å²) in [6.07, 6.45) is 6.50. The molecule has 35 heavy (non-hydrogen) atoms. The number of aryl methyl sites for hydroxylation is 1. The number of likely N-dealkylation sites (tertiary alicyclic amines) is 1. The maximum Gasteiger partial charge on any atom is 0.259 e. The Balaban J connectivity index is 1.34. The Bertz CT molecular complexity index is 1220. The van der Waals surface area contributed by atoms with Gasteiger partial charge in [0.1, 0.15) is 23.2 Å². The number of nitrogens with zero attached hydrogens (tertiary/aromatic N) is 4. The Hall–Kier alpha value is -3.62. The molecule has 0 bridgehead atoms. The third-order valence-corrected chi connectivity index (χ3v) is 7.10. The SMILES string of the molecule is CC[C@@H]1CCC(=N)N1C(=N)c1cccc(NC(=O)c2cc(N3C=NC(C4CC4)C3)c(C)cc2F)n1. The van der Waals surface area contributed by atoms with Crippen molar-refractivity contribution in [3.63, 3.8) is 0 Å². The van der Waals surface area contributed by atoms with E-state index < -0.39 is 11.7 Å². The molecule has 8 nitrogen and oxygen atoms in total. The van der Waals surface area contributed by atoms with Crippen LogP contribution in [0.5, 0.6) is 0 Å². The van der Waals surface area contributed by atoms with Crippen molar-refractivity contribution in [3.05, 3.63) is 53.0 Å². The van der Waals surface area contributed by atoms with Crippen molar-refractivity contribution in [1.29, 1.82) is 10.8 Å². The molecule has 1 saturated heterocycles. The Morgan fingerprint density at radius 1 is 1.26 bits per heavy atom. The Labute approximate surface area is 204 Å². The molecule has 182 valence electrons.